The van der Waals surface area contributed by atoms with Crippen molar-refractivity contribution in [3.63, 3.8) is 0 Å². The molecule has 0 saturated heterocycles. The number of nitrogens with zero attached hydrogens (tertiary/aromatic N) is 2. The summed E-state index contributed by atoms with van der Waals surface area (Å²) in [5, 5.41) is 13.2. The van der Waals surface area contributed by atoms with Gasteiger partial charge in [-0.1, -0.05) is 0 Å². The standard InChI is InChI=1S/C13H10BrFN2O2/c14-11-8(13(18)19)3-4-10(12(11)15)17-6-5-9(16-17)7-1-2-7/h3-7H,1-2H2,(H,18,19). The first-order valence-electron chi connectivity index (χ1n) is 5.85. The molecule has 1 aromatic heterocycles. The maximum absolute atomic E-state index is 14.2. The summed E-state index contributed by atoms with van der Waals surface area (Å²) in [6.07, 6.45) is 3.95. The highest BCUT2D eigenvalue weighted by Gasteiger charge is 2.26. The highest BCUT2D eigenvalue weighted by Crippen LogP contribution is 2.39. The minimum atomic E-state index is -1.17. The summed E-state index contributed by atoms with van der Waals surface area (Å²) in [7, 11) is 0. The molecule has 0 radical (unpaired) electrons. The second-order valence-electron chi connectivity index (χ2n) is 4.52. The predicted octanol–water partition coefficient (Wildman–Crippen LogP) is 3.35. The van der Waals surface area contributed by atoms with Crippen LogP contribution in [-0.2, 0) is 0 Å². The number of aromatic carboxylic acids is 1. The van der Waals surface area contributed by atoms with Crippen LogP contribution in [0.25, 0.3) is 5.69 Å². The molecule has 0 amide bonds. The van der Waals surface area contributed by atoms with Crippen molar-refractivity contribution in [2.45, 2.75) is 18.8 Å². The molecule has 1 N–H and O–H groups in total. The van der Waals surface area contributed by atoms with Gasteiger partial charge in [-0.25, -0.2) is 13.9 Å². The third-order valence-corrected chi connectivity index (χ3v) is 3.92. The lowest BCUT2D eigenvalue weighted by Gasteiger charge is -2.07. The van der Waals surface area contributed by atoms with Gasteiger partial charge in [0.2, 0.25) is 0 Å². The smallest absolute Gasteiger partial charge is 0.336 e. The monoisotopic (exact) mass is 324 g/mol. The molecule has 19 heavy (non-hydrogen) atoms. The Labute approximate surface area is 117 Å². The summed E-state index contributed by atoms with van der Waals surface area (Å²) in [6, 6.07) is 4.66. The molecule has 1 saturated carbocycles. The first kappa shape index (κ1) is 12.3. The minimum absolute atomic E-state index is 0.0547. The number of aromatic nitrogens is 2. The molecule has 0 spiro atoms. The Morgan fingerprint density at radius 1 is 1.42 bits per heavy atom. The molecular formula is C13H10BrFN2O2. The van der Waals surface area contributed by atoms with Crippen molar-refractivity contribution in [1.29, 1.82) is 0 Å². The van der Waals surface area contributed by atoms with E-state index >= 15 is 0 Å². The summed E-state index contributed by atoms with van der Waals surface area (Å²) >= 11 is 2.98. The van der Waals surface area contributed by atoms with Gasteiger partial charge >= 0.3 is 5.97 Å². The molecular weight excluding hydrogens is 315 g/mol. The van der Waals surface area contributed by atoms with Crippen LogP contribution in [0.3, 0.4) is 0 Å². The molecule has 6 heteroatoms. The van der Waals surface area contributed by atoms with E-state index in [1.807, 2.05) is 6.07 Å². The number of halogens is 2. The van der Waals surface area contributed by atoms with E-state index in [0.717, 1.165) is 18.5 Å². The van der Waals surface area contributed by atoms with Crippen molar-refractivity contribution >= 4 is 21.9 Å². The number of rotatable bonds is 3. The lowest BCUT2D eigenvalue weighted by Crippen LogP contribution is -2.05. The molecule has 1 fully saturated rings. The average Bonchev–Trinajstić information content (AvgIpc) is 3.11. The zero-order chi connectivity index (χ0) is 13.6. The van der Waals surface area contributed by atoms with Crippen molar-refractivity contribution in [2.75, 3.05) is 0 Å². The number of carboxylic acids is 1. The van der Waals surface area contributed by atoms with E-state index in [1.165, 1.54) is 16.8 Å². The van der Waals surface area contributed by atoms with Crippen molar-refractivity contribution in [3.8, 4) is 5.69 Å². The van der Waals surface area contributed by atoms with E-state index in [1.54, 1.807) is 6.20 Å². The number of benzene rings is 1. The van der Waals surface area contributed by atoms with Gasteiger partial charge in [0, 0.05) is 12.1 Å². The number of carbonyl (C=O) groups is 1. The fourth-order valence-corrected chi connectivity index (χ4v) is 2.46. The van der Waals surface area contributed by atoms with Crippen molar-refractivity contribution in [2.24, 2.45) is 0 Å². The second-order valence-corrected chi connectivity index (χ2v) is 5.32. The Hall–Kier alpha value is -1.69. The largest absolute Gasteiger partial charge is 0.478 e. The fourth-order valence-electron chi connectivity index (χ4n) is 1.95. The third kappa shape index (κ3) is 2.16. The van der Waals surface area contributed by atoms with Crippen LogP contribution in [0.5, 0.6) is 0 Å². The van der Waals surface area contributed by atoms with Crippen LogP contribution >= 0.6 is 15.9 Å². The maximum atomic E-state index is 14.2. The van der Waals surface area contributed by atoms with E-state index in [9.17, 15) is 9.18 Å². The van der Waals surface area contributed by atoms with E-state index in [4.69, 9.17) is 5.11 Å². The van der Waals surface area contributed by atoms with Gasteiger partial charge in [-0.05, 0) is 47.0 Å². The zero-order valence-corrected chi connectivity index (χ0v) is 11.4. The van der Waals surface area contributed by atoms with Crippen LogP contribution < -0.4 is 0 Å². The Bertz CT molecular complexity index is 665. The molecule has 0 aliphatic heterocycles. The Kier molecular flexibility index (Phi) is 2.89. The summed E-state index contributed by atoms with van der Waals surface area (Å²) in [4.78, 5) is 10.9. The van der Waals surface area contributed by atoms with Gasteiger partial charge < -0.3 is 5.11 Å². The first-order chi connectivity index (χ1) is 9.08. The number of carboxylic acid groups (broad SMARTS) is 1. The van der Waals surface area contributed by atoms with Gasteiger partial charge in [0.05, 0.1) is 15.7 Å². The summed E-state index contributed by atoms with van der Waals surface area (Å²) in [5.74, 6) is -1.30. The number of hydrogen-bond acceptors (Lipinski definition) is 2. The van der Waals surface area contributed by atoms with Gasteiger partial charge in [-0.2, -0.15) is 5.10 Å². The predicted molar refractivity (Wildman–Crippen MR) is 70.2 cm³/mol. The Morgan fingerprint density at radius 3 is 2.79 bits per heavy atom. The lowest BCUT2D eigenvalue weighted by molar-refractivity contribution is 0.0695. The van der Waals surface area contributed by atoms with E-state index < -0.39 is 11.8 Å². The van der Waals surface area contributed by atoms with Gasteiger partial charge in [-0.3, -0.25) is 0 Å². The Balaban J connectivity index is 2.04. The van der Waals surface area contributed by atoms with E-state index in [0.29, 0.717) is 5.92 Å². The van der Waals surface area contributed by atoms with Gasteiger partial charge in [0.15, 0.2) is 5.82 Å². The van der Waals surface area contributed by atoms with Crippen LogP contribution in [0.4, 0.5) is 4.39 Å². The van der Waals surface area contributed by atoms with Gasteiger partial charge in [0.25, 0.3) is 0 Å². The Morgan fingerprint density at radius 2 is 2.16 bits per heavy atom. The molecule has 4 nitrogen and oxygen atoms in total. The molecule has 0 bridgehead atoms. The van der Waals surface area contributed by atoms with E-state index in [-0.39, 0.29) is 15.7 Å². The van der Waals surface area contributed by atoms with Crippen molar-refractivity contribution in [1.82, 2.24) is 9.78 Å². The molecule has 1 aromatic carbocycles. The molecule has 0 unspecified atom stereocenters. The maximum Gasteiger partial charge on any atom is 0.336 e. The van der Waals surface area contributed by atoms with Gasteiger partial charge in [-0.15, -0.1) is 0 Å². The van der Waals surface area contributed by atoms with Crippen LogP contribution in [0.2, 0.25) is 0 Å². The zero-order valence-electron chi connectivity index (χ0n) is 9.81. The highest BCUT2D eigenvalue weighted by atomic mass is 79.9. The summed E-state index contributed by atoms with van der Waals surface area (Å²) in [5.41, 5.74) is 1.09. The van der Waals surface area contributed by atoms with Gasteiger partial charge in [0.1, 0.15) is 5.69 Å². The van der Waals surface area contributed by atoms with Crippen molar-refractivity contribution < 1.29 is 14.3 Å². The third-order valence-electron chi connectivity index (χ3n) is 3.14. The van der Waals surface area contributed by atoms with Crippen LogP contribution in [0, 0.1) is 5.82 Å². The van der Waals surface area contributed by atoms with Crippen LogP contribution in [-0.4, -0.2) is 20.9 Å². The topological polar surface area (TPSA) is 55.1 Å². The molecule has 2 aromatic rings. The summed E-state index contributed by atoms with van der Waals surface area (Å²) < 4.78 is 15.6. The average molecular weight is 325 g/mol. The summed E-state index contributed by atoms with van der Waals surface area (Å²) in [6.45, 7) is 0. The second kappa shape index (κ2) is 4.45. The molecule has 1 aliphatic rings. The van der Waals surface area contributed by atoms with Crippen LogP contribution in [0.1, 0.15) is 34.8 Å². The lowest BCUT2D eigenvalue weighted by atomic mass is 10.2. The van der Waals surface area contributed by atoms with E-state index in [2.05, 4.69) is 21.0 Å². The quantitative estimate of drug-likeness (QED) is 0.941. The number of hydrogen-bond donors (Lipinski definition) is 1. The highest BCUT2D eigenvalue weighted by molar-refractivity contribution is 9.10. The SMILES string of the molecule is O=C(O)c1ccc(-n2ccc(C3CC3)n2)c(F)c1Br. The molecule has 1 aliphatic carbocycles. The molecule has 3 rings (SSSR count). The van der Waals surface area contributed by atoms with Crippen molar-refractivity contribution in [3.05, 3.63) is 45.9 Å². The first-order valence-corrected chi connectivity index (χ1v) is 6.64. The normalized spacial score (nSPS) is 14.6. The van der Waals surface area contributed by atoms with Crippen LogP contribution in [0.15, 0.2) is 28.9 Å². The molecule has 0 atom stereocenters. The fraction of sp³-hybridized carbons (Fsp3) is 0.231. The molecule has 1 heterocycles. The molecule has 98 valence electrons. The minimum Gasteiger partial charge on any atom is -0.478 e.